The second-order valence-corrected chi connectivity index (χ2v) is 3.95. The molecule has 0 amide bonds. The Balaban J connectivity index is 0. The van der Waals surface area contributed by atoms with Crippen molar-refractivity contribution in [1.29, 1.82) is 0 Å². The summed E-state index contributed by atoms with van der Waals surface area (Å²) >= 11 is 0. The van der Waals surface area contributed by atoms with Crippen LogP contribution in [0.3, 0.4) is 0 Å². The molecule has 0 aliphatic carbocycles. The van der Waals surface area contributed by atoms with Gasteiger partial charge in [-0.1, -0.05) is 13.8 Å². The number of carboxylic acid groups (broad SMARTS) is 1. The van der Waals surface area contributed by atoms with Gasteiger partial charge in [0.25, 0.3) is 0 Å². The summed E-state index contributed by atoms with van der Waals surface area (Å²) in [6.07, 6.45) is -1.02. The molecule has 22 heavy (non-hydrogen) atoms. The van der Waals surface area contributed by atoms with Gasteiger partial charge in [-0.3, -0.25) is 4.79 Å². The van der Waals surface area contributed by atoms with E-state index in [1.807, 2.05) is 13.8 Å². The van der Waals surface area contributed by atoms with Crippen molar-refractivity contribution >= 4 is 5.97 Å². The Hall–Kier alpha value is -1.70. The van der Waals surface area contributed by atoms with Crippen molar-refractivity contribution in [3.63, 3.8) is 0 Å². The first kappa shape index (κ1) is 22.6. The third-order valence-electron chi connectivity index (χ3n) is 1.98. The lowest BCUT2D eigenvalue weighted by Gasteiger charge is -2.08. The maximum Gasteiger partial charge on any atom is 0.572 e. The quantitative estimate of drug-likeness (QED) is 0.288. The van der Waals surface area contributed by atoms with Gasteiger partial charge in [-0.15, -0.1) is 13.2 Å². The molecule has 2 N–H and O–H groups in total. The highest BCUT2D eigenvalue weighted by molar-refractivity contribution is 5.66. The van der Waals surface area contributed by atoms with Crippen molar-refractivity contribution in [1.82, 2.24) is 5.48 Å². The fourth-order valence-electron chi connectivity index (χ4n) is 1.12. The van der Waals surface area contributed by atoms with E-state index in [0.29, 0.717) is 25.1 Å². The van der Waals surface area contributed by atoms with E-state index >= 15 is 0 Å². The standard InChI is InChI=1S/C12H18F3NO4.C2H6/c1-9(19-12(13,14)15)6-7-10(2)20-16-8-4-3-5-11(17)18;1-2/h6-7,16H,3-5,8H2,1-2H3,(H,17,18);1-2H3/b9-6+,10-7+;. The van der Waals surface area contributed by atoms with Gasteiger partial charge in [0.1, 0.15) is 11.5 Å². The van der Waals surface area contributed by atoms with Crippen LogP contribution in [-0.4, -0.2) is 24.0 Å². The van der Waals surface area contributed by atoms with Crippen LogP contribution < -0.4 is 5.48 Å². The molecule has 0 aromatic carbocycles. The van der Waals surface area contributed by atoms with Gasteiger partial charge in [0.05, 0.1) is 0 Å². The minimum Gasteiger partial charge on any atom is -0.481 e. The molecule has 0 aromatic rings. The van der Waals surface area contributed by atoms with Crippen LogP contribution in [-0.2, 0) is 14.4 Å². The third-order valence-corrected chi connectivity index (χ3v) is 1.98. The van der Waals surface area contributed by atoms with Crippen LogP contribution in [0.5, 0.6) is 0 Å². The highest BCUT2D eigenvalue weighted by Crippen LogP contribution is 2.20. The minimum atomic E-state index is -4.70. The summed E-state index contributed by atoms with van der Waals surface area (Å²) in [6.45, 7) is 7.18. The Morgan fingerprint density at radius 1 is 1.14 bits per heavy atom. The fraction of sp³-hybridized carbons (Fsp3) is 0.643. The summed E-state index contributed by atoms with van der Waals surface area (Å²) in [6, 6.07) is 0. The number of unbranched alkanes of at least 4 members (excludes halogenated alkanes) is 1. The second-order valence-electron chi connectivity index (χ2n) is 3.95. The molecule has 0 aliphatic heterocycles. The molecule has 0 atom stereocenters. The largest absolute Gasteiger partial charge is 0.572 e. The molecule has 0 unspecified atom stereocenters. The van der Waals surface area contributed by atoms with E-state index in [0.717, 1.165) is 6.08 Å². The van der Waals surface area contributed by atoms with E-state index < -0.39 is 12.3 Å². The summed E-state index contributed by atoms with van der Waals surface area (Å²) in [7, 11) is 0. The minimum absolute atomic E-state index is 0.0905. The van der Waals surface area contributed by atoms with Crippen LogP contribution in [0.1, 0.15) is 47.0 Å². The van der Waals surface area contributed by atoms with E-state index in [2.05, 4.69) is 10.2 Å². The number of aliphatic carboxylic acids is 1. The molecule has 0 spiro atoms. The Morgan fingerprint density at radius 3 is 2.18 bits per heavy atom. The zero-order valence-corrected chi connectivity index (χ0v) is 13.3. The van der Waals surface area contributed by atoms with Crippen molar-refractivity contribution < 1.29 is 32.6 Å². The van der Waals surface area contributed by atoms with Crippen molar-refractivity contribution in [3.05, 3.63) is 23.7 Å². The number of hydrogen-bond donors (Lipinski definition) is 2. The van der Waals surface area contributed by atoms with E-state index in [9.17, 15) is 18.0 Å². The number of hydroxylamine groups is 1. The van der Waals surface area contributed by atoms with Crippen LogP contribution >= 0.6 is 0 Å². The summed E-state index contributed by atoms with van der Waals surface area (Å²) in [5, 5.41) is 8.40. The smallest absolute Gasteiger partial charge is 0.481 e. The number of carboxylic acids is 1. The first-order valence-electron chi connectivity index (χ1n) is 6.93. The molecule has 0 saturated carbocycles. The first-order chi connectivity index (χ1) is 10.2. The van der Waals surface area contributed by atoms with Gasteiger partial charge >= 0.3 is 12.3 Å². The van der Waals surface area contributed by atoms with E-state index in [-0.39, 0.29) is 12.2 Å². The molecule has 0 bridgehead atoms. The number of allylic oxidation sites excluding steroid dienone is 4. The molecule has 130 valence electrons. The van der Waals surface area contributed by atoms with Crippen LogP contribution in [0, 0.1) is 0 Å². The lowest BCUT2D eigenvalue weighted by molar-refractivity contribution is -0.305. The lowest BCUT2D eigenvalue weighted by Crippen LogP contribution is -2.15. The number of alkyl halides is 3. The monoisotopic (exact) mass is 327 g/mol. The van der Waals surface area contributed by atoms with Gasteiger partial charge in [-0.2, -0.15) is 5.48 Å². The van der Waals surface area contributed by atoms with Crippen molar-refractivity contribution in [2.75, 3.05) is 6.54 Å². The molecule has 0 saturated heterocycles. The summed E-state index contributed by atoms with van der Waals surface area (Å²) in [5.41, 5.74) is 2.58. The summed E-state index contributed by atoms with van der Waals surface area (Å²) in [5.74, 6) is -0.803. The number of ether oxygens (including phenoxy) is 1. The molecule has 8 heteroatoms. The molecule has 0 fully saturated rings. The van der Waals surface area contributed by atoms with Crippen LogP contribution in [0.4, 0.5) is 13.2 Å². The molecule has 0 rings (SSSR count). The molecule has 0 heterocycles. The van der Waals surface area contributed by atoms with E-state index in [1.54, 1.807) is 6.92 Å². The number of carbonyl (C=O) groups is 1. The van der Waals surface area contributed by atoms with Gasteiger partial charge < -0.3 is 14.7 Å². The van der Waals surface area contributed by atoms with Crippen LogP contribution in [0.2, 0.25) is 0 Å². The molecule has 0 radical (unpaired) electrons. The highest BCUT2D eigenvalue weighted by atomic mass is 19.4. The summed E-state index contributed by atoms with van der Waals surface area (Å²) in [4.78, 5) is 15.2. The first-order valence-corrected chi connectivity index (χ1v) is 6.93. The van der Waals surface area contributed by atoms with Crippen molar-refractivity contribution in [3.8, 4) is 0 Å². The molecule has 5 nitrogen and oxygen atoms in total. The van der Waals surface area contributed by atoms with Crippen LogP contribution in [0.15, 0.2) is 23.7 Å². The zero-order valence-electron chi connectivity index (χ0n) is 13.3. The Bertz CT molecular complexity index is 366. The topological polar surface area (TPSA) is 67.8 Å². The van der Waals surface area contributed by atoms with Gasteiger partial charge in [-0.05, 0) is 38.8 Å². The van der Waals surface area contributed by atoms with Crippen LogP contribution in [0.25, 0.3) is 0 Å². The SMILES string of the molecule is C/C(=C\C=C(/C)OC(F)(F)F)ONCCCCC(=O)O.CC. The number of hydrogen-bond acceptors (Lipinski definition) is 4. The predicted octanol–water partition coefficient (Wildman–Crippen LogP) is 4.13. The Kier molecular flexibility index (Phi) is 13.3. The second kappa shape index (κ2) is 13.0. The maximum absolute atomic E-state index is 11.8. The zero-order chi connectivity index (χ0) is 17.6. The molecular weight excluding hydrogens is 303 g/mol. The number of halogens is 3. The van der Waals surface area contributed by atoms with Gasteiger partial charge in [0.2, 0.25) is 0 Å². The molecular formula is C14H24F3NO4. The normalized spacial score (nSPS) is 12.3. The highest BCUT2D eigenvalue weighted by Gasteiger charge is 2.30. The Labute approximate surface area is 128 Å². The average molecular weight is 327 g/mol. The maximum atomic E-state index is 11.8. The van der Waals surface area contributed by atoms with Crippen molar-refractivity contribution in [2.24, 2.45) is 0 Å². The average Bonchev–Trinajstić information content (AvgIpc) is 2.40. The third kappa shape index (κ3) is 18.3. The van der Waals surface area contributed by atoms with Crippen molar-refractivity contribution in [2.45, 2.75) is 53.3 Å². The van der Waals surface area contributed by atoms with E-state index in [1.165, 1.54) is 13.0 Å². The van der Waals surface area contributed by atoms with Gasteiger partial charge in [-0.25, -0.2) is 0 Å². The lowest BCUT2D eigenvalue weighted by atomic mass is 10.2. The van der Waals surface area contributed by atoms with E-state index in [4.69, 9.17) is 9.94 Å². The Morgan fingerprint density at radius 2 is 1.68 bits per heavy atom. The summed E-state index contributed by atoms with van der Waals surface area (Å²) < 4.78 is 39.2. The number of nitrogens with one attached hydrogen (secondary N) is 1. The number of rotatable bonds is 9. The molecule has 0 aliphatic rings. The van der Waals surface area contributed by atoms with Gasteiger partial charge in [0.15, 0.2) is 0 Å². The fourth-order valence-corrected chi connectivity index (χ4v) is 1.12. The molecule has 0 aromatic heterocycles. The predicted molar refractivity (Wildman–Crippen MR) is 76.6 cm³/mol. The van der Waals surface area contributed by atoms with Gasteiger partial charge in [0, 0.05) is 13.0 Å².